The Morgan fingerprint density at radius 3 is 2.93 bits per heavy atom. The van der Waals surface area contributed by atoms with Crippen LogP contribution in [0.5, 0.6) is 5.75 Å². The van der Waals surface area contributed by atoms with Gasteiger partial charge in [-0.25, -0.2) is 4.98 Å². The van der Waals surface area contributed by atoms with Gasteiger partial charge in [-0.2, -0.15) is 11.3 Å². The molecule has 5 heteroatoms. The molecule has 5 rings (SSSR count). The molecule has 0 saturated carbocycles. The van der Waals surface area contributed by atoms with Crippen molar-refractivity contribution in [2.45, 2.75) is 44.7 Å². The molecule has 0 radical (unpaired) electrons. The van der Waals surface area contributed by atoms with Crippen molar-refractivity contribution in [2.75, 3.05) is 26.7 Å². The van der Waals surface area contributed by atoms with Crippen molar-refractivity contribution in [3.05, 3.63) is 46.7 Å². The van der Waals surface area contributed by atoms with Gasteiger partial charge in [0.25, 0.3) is 0 Å². The second kappa shape index (κ2) is 9.04. The first-order chi connectivity index (χ1) is 14.8. The first kappa shape index (κ1) is 20.0. The summed E-state index contributed by atoms with van der Waals surface area (Å²) in [6.07, 6.45) is 6.88. The van der Waals surface area contributed by atoms with E-state index in [2.05, 4.69) is 39.2 Å². The number of hydrogen-bond acceptors (Lipinski definition) is 5. The number of pyridine rings is 1. The molecule has 4 heterocycles. The molecule has 30 heavy (non-hydrogen) atoms. The summed E-state index contributed by atoms with van der Waals surface area (Å²) in [6.45, 7) is 4.58. The van der Waals surface area contributed by atoms with E-state index in [1.807, 2.05) is 12.1 Å². The summed E-state index contributed by atoms with van der Waals surface area (Å²) >= 11 is 1.72. The molecule has 1 N–H and O–H groups in total. The summed E-state index contributed by atoms with van der Waals surface area (Å²) in [6, 6.07) is 11.4. The fraction of sp³-hybridized carbons (Fsp3) is 0.480. The number of ether oxygens (including phenoxy) is 1. The zero-order chi connectivity index (χ0) is 20.3. The van der Waals surface area contributed by atoms with Crippen LogP contribution >= 0.6 is 11.3 Å². The van der Waals surface area contributed by atoms with E-state index in [0.29, 0.717) is 0 Å². The fourth-order valence-corrected chi connectivity index (χ4v) is 5.95. The van der Waals surface area contributed by atoms with Crippen molar-refractivity contribution in [2.24, 2.45) is 5.92 Å². The summed E-state index contributed by atoms with van der Waals surface area (Å²) in [5, 5.41) is 9.30. The van der Waals surface area contributed by atoms with Crippen LogP contribution in [0.25, 0.3) is 22.2 Å². The topological polar surface area (TPSA) is 37.4 Å². The molecule has 2 aliphatic heterocycles. The number of rotatable bonds is 6. The molecule has 2 aromatic heterocycles. The minimum absolute atomic E-state index is 0.779. The molecule has 0 bridgehead atoms. The Morgan fingerprint density at radius 2 is 2.07 bits per heavy atom. The molecule has 2 atom stereocenters. The van der Waals surface area contributed by atoms with E-state index in [4.69, 9.17) is 9.72 Å². The van der Waals surface area contributed by atoms with Gasteiger partial charge >= 0.3 is 0 Å². The molecule has 0 unspecified atom stereocenters. The third-order valence-electron chi connectivity index (χ3n) is 6.85. The Hall–Kier alpha value is -1.95. The van der Waals surface area contributed by atoms with Gasteiger partial charge in [-0.05, 0) is 86.4 Å². The van der Waals surface area contributed by atoms with Gasteiger partial charge in [0, 0.05) is 35.0 Å². The van der Waals surface area contributed by atoms with Gasteiger partial charge in [-0.1, -0.05) is 6.42 Å². The standard InChI is InChI=1S/C25H31N3OS/c1-29-22-8-7-18-13-21(25(27-23(18)14-22)20-9-12-30-17-20)16-26-15-19-5-4-11-28-10-3-2-6-24(19)28/h7-9,12-14,17,19,24,26H,2-6,10-11,15-16H2,1H3/t19-,24+/m0/s1. The van der Waals surface area contributed by atoms with Gasteiger partial charge in [-0.15, -0.1) is 0 Å². The van der Waals surface area contributed by atoms with Gasteiger partial charge in [-0.3, -0.25) is 0 Å². The van der Waals surface area contributed by atoms with Gasteiger partial charge in [0.1, 0.15) is 5.75 Å². The smallest absolute Gasteiger partial charge is 0.121 e. The highest BCUT2D eigenvalue weighted by atomic mass is 32.1. The third kappa shape index (κ3) is 4.11. The van der Waals surface area contributed by atoms with Gasteiger partial charge < -0.3 is 15.0 Å². The maximum atomic E-state index is 5.40. The molecular formula is C25H31N3OS. The molecule has 2 saturated heterocycles. The van der Waals surface area contributed by atoms with Crippen LogP contribution in [0.4, 0.5) is 0 Å². The summed E-state index contributed by atoms with van der Waals surface area (Å²) in [7, 11) is 1.71. The minimum atomic E-state index is 0.779. The monoisotopic (exact) mass is 421 g/mol. The molecule has 158 valence electrons. The molecule has 2 aliphatic rings. The predicted octanol–water partition coefficient (Wildman–Crippen LogP) is 5.33. The average molecular weight is 422 g/mol. The van der Waals surface area contributed by atoms with Crippen LogP contribution < -0.4 is 10.1 Å². The van der Waals surface area contributed by atoms with Crippen LogP contribution in [-0.4, -0.2) is 42.7 Å². The van der Waals surface area contributed by atoms with Crippen LogP contribution in [-0.2, 0) is 6.54 Å². The van der Waals surface area contributed by atoms with Gasteiger partial charge in [0.15, 0.2) is 0 Å². The Balaban J connectivity index is 1.36. The van der Waals surface area contributed by atoms with E-state index >= 15 is 0 Å². The maximum Gasteiger partial charge on any atom is 0.121 e. The van der Waals surface area contributed by atoms with Crippen LogP contribution in [0.15, 0.2) is 41.1 Å². The number of methoxy groups -OCH3 is 1. The first-order valence-electron chi connectivity index (χ1n) is 11.3. The van der Waals surface area contributed by atoms with Crippen LogP contribution in [0.3, 0.4) is 0 Å². The second-order valence-corrected chi connectivity index (χ2v) is 9.48. The number of hydrogen-bond donors (Lipinski definition) is 1. The van der Waals surface area contributed by atoms with Crippen molar-refractivity contribution in [3.8, 4) is 17.0 Å². The van der Waals surface area contributed by atoms with Crippen molar-refractivity contribution in [1.82, 2.24) is 15.2 Å². The fourth-order valence-electron chi connectivity index (χ4n) is 5.31. The Morgan fingerprint density at radius 1 is 1.13 bits per heavy atom. The number of aromatic nitrogens is 1. The van der Waals surface area contributed by atoms with Crippen molar-refractivity contribution in [1.29, 1.82) is 0 Å². The van der Waals surface area contributed by atoms with Crippen molar-refractivity contribution >= 4 is 22.2 Å². The Kier molecular flexibility index (Phi) is 6.02. The predicted molar refractivity (Wildman–Crippen MR) is 125 cm³/mol. The zero-order valence-electron chi connectivity index (χ0n) is 17.8. The zero-order valence-corrected chi connectivity index (χ0v) is 18.6. The van der Waals surface area contributed by atoms with Gasteiger partial charge in [0.05, 0.1) is 18.3 Å². The summed E-state index contributed by atoms with van der Waals surface area (Å²) in [5.41, 5.74) is 4.57. The number of fused-ring (bicyclic) bond motifs is 2. The lowest BCUT2D eigenvalue weighted by Gasteiger charge is -2.44. The maximum absolute atomic E-state index is 5.40. The highest BCUT2D eigenvalue weighted by Crippen LogP contribution is 2.32. The van der Waals surface area contributed by atoms with Crippen LogP contribution in [0.2, 0.25) is 0 Å². The minimum Gasteiger partial charge on any atom is -0.497 e. The van der Waals surface area contributed by atoms with Crippen LogP contribution in [0, 0.1) is 5.92 Å². The molecule has 3 aromatic rings. The molecule has 4 nitrogen and oxygen atoms in total. The van der Waals surface area contributed by atoms with Crippen LogP contribution in [0.1, 0.15) is 37.7 Å². The van der Waals surface area contributed by atoms with E-state index < -0.39 is 0 Å². The van der Waals surface area contributed by atoms with E-state index in [0.717, 1.165) is 42.0 Å². The van der Waals surface area contributed by atoms with E-state index in [-0.39, 0.29) is 0 Å². The molecular weight excluding hydrogens is 390 g/mol. The molecule has 0 amide bonds. The van der Waals surface area contributed by atoms with E-state index in [1.54, 1.807) is 18.4 Å². The summed E-state index contributed by atoms with van der Waals surface area (Å²) in [5.74, 6) is 1.63. The third-order valence-corrected chi connectivity index (χ3v) is 7.53. The highest BCUT2D eigenvalue weighted by Gasteiger charge is 2.32. The van der Waals surface area contributed by atoms with Crippen molar-refractivity contribution in [3.63, 3.8) is 0 Å². The number of thiophene rings is 1. The van der Waals surface area contributed by atoms with E-state index in [9.17, 15) is 0 Å². The number of benzene rings is 1. The quantitative estimate of drug-likeness (QED) is 0.584. The number of nitrogens with zero attached hydrogens (tertiary/aromatic N) is 2. The number of piperidine rings is 2. The lowest BCUT2D eigenvalue weighted by atomic mass is 9.83. The second-order valence-electron chi connectivity index (χ2n) is 8.70. The Bertz CT molecular complexity index is 985. The SMILES string of the molecule is COc1ccc2cc(CNC[C@@H]3CCCN4CCCC[C@H]34)c(-c3ccsc3)nc2c1. The Labute approximate surface area is 183 Å². The molecule has 0 spiro atoms. The highest BCUT2D eigenvalue weighted by molar-refractivity contribution is 7.08. The lowest BCUT2D eigenvalue weighted by Crippen LogP contribution is -2.50. The molecule has 0 aliphatic carbocycles. The largest absolute Gasteiger partial charge is 0.497 e. The molecule has 2 fully saturated rings. The summed E-state index contributed by atoms with van der Waals surface area (Å²) < 4.78 is 5.40. The average Bonchev–Trinajstić information content (AvgIpc) is 3.33. The van der Waals surface area contributed by atoms with Crippen molar-refractivity contribution < 1.29 is 4.74 Å². The normalized spacial score (nSPS) is 22.2. The summed E-state index contributed by atoms with van der Waals surface area (Å²) in [4.78, 5) is 7.79. The van der Waals surface area contributed by atoms with E-state index in [1.165, 1.54) is 61.7 Å². The lowest BCUT2D eigenvalue weighted by molar-refractivity contribution is 0.0593. The van der Waals surface area contributed by atoms with Gasteiger partial charge in [0.2, 0.25) is 0 Å². The first-order valence-corrected chi connectivity index (χ1v) is 12.2. The molecule has 1 aromatic carbocycles. The number of nitrogens with one attached hydrogen (secondary N) is 1.